The van der Waals surface area contributed by atoms with Gasteiger partial charge in [-0.3, -0.25) is 9.78 Å². The summed E-state index contributed by atoms with van der Waals surface area (Å²) in [5, 5.41) is 11.5. The number of thioether (sulfide) groups is 2. The summed E-state index contributed by atoms with van der Waals surface area (Å²) in [5.41, 5.74) is 1.25. The molecule has 6 nitrogen and oxygen atoms in total. The van der Waals surface area contributed by atoms with Gasteiger partial charge in [0.1, 0.15) is 5.69 Å². The first-order valence-electron chi connectivity index (χ1n) is 7.81. The van der Waals surface area contributed by atoms with E-state index >= 15 is 0 Å². The molecule has 0 bridgehead atoms. The molecule has 140 valence electrons. The fourth-order valence-corrected chi connectivity index (χ4v) is 3.42. The maximum Gasteiger partial charge on any atom is 0.288 e. The molecule has 0 aliphatic heterocycles. The molecule has 0 spiro atoms. The quantitative estimate of drug-likeness (QED) is 0.599. The SMILES string of the molecule is Cn1c(SCC(=O)Nc2ccc(SC(F)F)cc2)nnc1-c1ccccn1. The Morgan fingerprint density at radius 3 is 2.63 bits per heavy atom. The number of amides is 1. The predicted molar refractivity (Wildman–Crippen MR) is 102 cm³/mol. The average molecular weight is 407 g/mol. The third-order valence-electron chi connectivity index (χ3n) is 3.42. The third-order valence-corrected chi connectivity index (χ3v) is 5.17. The maximum atomic E-state index is 12.3. The van der Waals surface area contributed by atoms with Gasteiger partial charge >= 0.3 is 0 Å². The average Bonchev–Trinajstić information content (AvgIpc) is 3.02. The van der Waals surface area contributed by atoms with Crippen LogP contribution in [0.3, 0.4) is 0 Å². The molecule has 1 N–H and O–H groups in total. The number of nitrogens with zero attached hydrogens (tertiary/aromatic N) is 4. The fourth-order valence-electron chi connectivity index (χ4n) is 2.21. The second kappa shape index (κ2) is 8.96. The molecule has 3 rings (SSSR count). The van der Waals surface area contributed by atoms with Gasteiger partial charge in [0.05, 0.1) is 5.75 Å². The number of rotatable bonds is 7. The number of nitrogens with one attached hydrogen (secondary N) is 1. The Morgan fingerprint density at radius 1 is 1.19 bits per heavy atom. The lowest BCUT2D eigenvalue weighted by atomic mass is 10.3. The van der Waals surface area contributed by atoms with E-state index in [1.54, 1.807) is 35.0 Å². The molecular weight excluding hydrogens is 392 g/mol. The molecule has 27 heavy (non-hydrogen) atoms. The van der Waals surface area contributed by atoms with Gasteiger partial charge in [-0.2, -0.15) is 8.78 Å². The second-order valence-corrected chi connectivity index (χ2v) is 7.33. The highest BCUT2D eigenvalue weighted by molar-refractivity contribution is 8.00. The molecular formula is C17H15F2N5OS2. The summed E-state index contributed by atoms with van der Waals surface area (Å²) in [5.74, 6) is -1.94. The number of pyridine rings is 1. The minimum atomic E-state index is -2.47. The van der Waals surface area contributed by atoms with Crippen LogP contribution in [0.5, 0.6) is 0 Å². The van der Waals surface area contributed by atoms with Gasteiger partial charge in [0, 0.05) is 23.8 Å². The molecule has 0 saturated carbocycles. The number of carbonyl (C=O) groups is 1. The van der Waals surface area contributed by atoms with Crippen LogP contribution in [0.4, 0.5) is 14.5 Å². The van der Waals surface area contributed by atoms with Gasteiger partial charge in [-0.25, -0.2) is 0 Å². The Bertz CT molecular complexity index is 903. The Kier molecular flexibility index (Phi) is 6.40. The first-order chi connectivity index (χ1) is 13.0. The molecule has 0 saturated heterocycles. The number of hydrogen-bond acceptors (Lipinski definition) is 6. The van der Waals surface area contributed by atoms with Gasteiger partial charge < -0.3 is 9.88 Å². The zero-order chi connectivity index (χ0) is 19.2. The molecule has 10 heteroatoms. The first kappa shape index (κ1) is 19.3. The van der Waals surface area contributed by atoms with E-state index in [0.717, 1.165) is 0 Å². The van der Waals surface area contributed by atoms with Gasteiger partial charge in [-0.1, -0.05) is 29.6 Å². The summed E-state index contributed by atoms with van der Waals surface area (Å²) in [6.45, 7) is 0. The number of halogens is 2. The van der Waals surface area contributed by atoms with E-state index in [4.69, 9.17) is 0 Å². The van der Waals surface area contributed by atoms with Crippen LogP contribution >= 0.6 is 23.5 Å². The van der Waals surface area contributed by atoms with E-state index in [1.807, 2.05) is 25.2 Å². The van der Waals surface area contributed by atoms with Crippen molar-refractivity contribution in [3.05, 3.63) is 48.7 Å². The van der Waals surface area contributed by atoms with Gasteiger partial charge in [0.15, 0.2) is 11.0 Å². The second-order valence-electron chi connectivity index (χ2n) is 5.32. The molecule has 0 radical (unpaired) electrons. The number of anilines is 1. The van der Waals surface area contributed by atoms with Crippen molar-refractivity contribution in [3.63, 3.8) is 0 Å². The Labute approximate surface area is 162 Å². The van der Waals surface area contributed by atoms with Crippen LogP contribution in [-0.2, 0) is 11.8 Å². The summed E-state index contributed by atoms with van der Waals surface area (Å²) in [7, 11) is 1.81. The number of benzene rings is 1. The molecule has 0 aliphatic rings. The molecule has 3 aromatic rings. The van der Waals surface area contributed by atoms with E-state index in [0.29, 0.717) is 39.0 Å². The minimum absolute atomic E-state index is 0.141. The van der Waals surface area contributed by atoms with Crippen molar-refractivity contribution in [2.75, 3.05) is 11.1 Å². The molecule has 0 fully saturated rings. The Hall–Kier alpha value is -2.46. The van der Waals surface area contributed by atoms with E-state index in [1.165, 1.54) is 11.8 Å². The zero-order valence-corrected chi connectivity index (χ0v) is 15.8. The van der Waals surface area contributed by atoms with Crippen molar-refractivity contribution >= 4 is 35.1 Å². The topological polar surface area (TPSA) is 72.7 Å². The molecule has 2 aromatic heterocycles. The van der Waals surface area contributed by atoms with Crippen molar-refractivity contribution in [2.24, 2.45) is 7.05 Å². The van der Waals surface area contributed by atoms with Gasteiger partial charge in [-0.05, 0) is 36.4 Å². The first-order valence-corrected chi connectivity index (χ1v) is 9.68. The maximum absolute atomic E-state index is 12.3. The lowest BCUT2D eigenvalue weighted by Gasteiger charge is -2.06. The number of carbonyl (C=O) groups excluding carboxylic acids is 1. The highest BCUT2D eigenvalue weighted by Crippen LogP contribution is 2.26. The largest absolute Gasteiger partial charge is 0.325 e. The molecule has 0 aliphatic carbocycles. The van der Waals surface area contributed by atoms with Crippen LogP contribution in [0.25, 0.3) is 11.5 Å². The summed E-state index contributed by atoms with van der Waals surface area (Å²) >= 11 is 1.71. The standard InChI is InChI=1S/C17H15F2N5OS2/c1-24-15(13-4-2-3-9-20-13)22-23-17(24)26-10-14(25)21-11-5-7-12(8-6-11)27-16(18)19/h2-9,16H,10H2,1H3,(H,21,25). The fraction of sp³-hybridized carbons (Fsp3) is 0.176. The van der Waals surface area contributed by atoms with Crippen LogP contribution in [0.2, 0.25) is 0 Å². The van der Waals surface area contributed by atoms with Crippen molar-refractivity contribution in [2.45, 2.75) is 15.8 Å². The molecule has 0 unspecified atom stereocenters. The summed E-state index contributed by atoms with van der Waals surface area (Å²) in [6.07, 6.45) is 1.68. The molecule has 0 atom stereocenters. The van der Waals surface area contributed by atoms with E-state index in [-0.39, 0.29) is 11.7 Å². The van der Waals surface area contributed by atoms with Gasteiger partial charge in [-0.15, -0.1) is 10.2 Å². The lowest BCUT2D eigenvalue weighted by Crippen LogP contribution is -2.14. The molecule has 1 aromatic carbocycles. The van der Waals surface area contributed by atoms with Crippen LogP contribution < -0.4 is 5.32 Å². The number of hydrogen-bond donors (Lipinski definition) is 1. The number of alkyl halides is 2. The summed E-state index contributed by atoms with van der Waals surface area (Å²) < 4.78 is 26.4. The van der Waals surface area contributed by atoms with Gasteiger partial charge in [0.2, 0.25) is 5.91 Å². The third kappa shape index (κ3) is 5.27. The van der Waals surface area contributed by atoms with E-state index < -0.39 is 5.76 Å². The van der Waals surface area contributed by atoms with Crippen LogP contribution in [0.15, 0.2) is 58.7 Å². The monoisotopic (exact) mass is 407 g/mol. The Balaban J connectivity index is 1.56. The van der Waals surface area contributed by atoms with Crippen LogP contribution in [0, 0.1) is 0 Å². The smallest absolute Gasteiger partial charge is 0.288 e. The Morgan fingerprint density at radius 2 is 1.96 bits per heavy atom. The normalized spacial score (nSPS) is 11.0. The summed E-state index contributed by atoms with van der Waals surface area (Å²) in [4.78, 5) is 16.8. The lowest BCUT2D eigenvalue weighted by molar-refractivity contribution is -0.113. The zero-order valence-electron chi connectivity index (χ0n) is 14.2. The predicted octanol–water partition coefficient (Wildman–Crippen LogP) is 3.92. The van der Waals surface area contributed by atoms with Crippen molar-refractivity contribution in [3.8, 4) is 11.5 Å². The molecule has 2 heterocycles. The highest BCUT2D eigenvalue weighted by atomic mass is 32.2. The van der Waals surface area contributed by atoms with E-state index in [2.05, 4.69) is 20.5 Å². The van der Waals surface area contributed by atoms with Crippen LogP contribution in [-0.4, -0.2) is 37.2 Å². The van der Waals surface area contributed by atoms with Crippen LogP contribution in [0.1, 0.15) is 0 Å². The van der Waals surface area contributed by atoms with Crippen molar-refractivity contribution < 1.29 is 13.6 Å². The van der Waals surface area contributed by atoms with Crippen molar-refractivity contribution in [1.29, 1.82) is 0 Å². The number of aromatic nitrogens is 4. The highest BCUT2D eigenvalue weighted by Gasteiger charge is 2.13. The minimum Gasteiger partial charge on any atom is -0.325 e. The van der Waals surface area contributed by atoms with E-state index in [9.17, 15) is 13.6 Å². The van der Waals surface area contributed by atoms with Crippen molar-refractivity contribution in [1.82, 2.24) is 19.7 Å². The molecule has 1 amide bonds. The van der Waals surface area contributed by atoms with Gasteiger partial charge in [0.25, 0.3) is 5.76 Å². The summed E-state index contributed by atoms with van der Waals surface area (Å²) in [6, 6.07) is 11.8.